The van der Waals surface area contributed by atoms with Crippen LogP contribution in [0.25, 0.3) is 0 Å². The van der Waals surface area contributed by atoms with Crippen LogP contribution in [0.1, 0.15) is 50.3 Å². The Morgan fingerprint density at radius 2 is 1.84 bits per heavy atom. The first kappa shape index (κ1) is 23.6. The van der Waals surface area contributed by atoms with E-state index in [2.05, 4.69) is 19.2 Å². The molecule has 32 heavy (non-hydrogen) atoms. The first-order valence-corrected chi connectivity index (χ1v) is 11.4. The zero-order valence-corrected chi connectivity index (χ0v) is 19.5. The number of nitrogens with one attached hydrogen (secondary N) is 1. The fraction of sp³-hybridized carbons (Fsp3) is 0.462. The summed E-state index contributed by atoms with van der Waals surface area (Å²) in [6.45, 7) is 9.34. The van der Waals surface area contributed by atoms with Crippen LogP contribution in [0.4, 0.5) is 0 Å². The Labute approximate surface area is 190 Å². The van der Waals surface area contributed by atoms with Gasteiger partial charge < -0.3 is 19.7 Å². The normalized spacial score (nSPS) is 13.2. The summed E-state index contributed by atoms with van der Waals surface area (Å²) in [5, 5.41) is 3.01. The SMILES string of the molecule is CC[C@@H](C(=O)NCC(C)C)N(Cc1ccccc1C)C(=O)CCc1ccc2c(c1)OCO2. The molecule has 0 aromatic heterocycles. The molecule has 1 heterocycles. The molecule has 1 aliphatic heterocycles. The van der Waals surface area contributed by atoms with E-state index in [0.29, 0.717) is 44.0 Å². The van der Waals surface area contributed by atoms with Gasteiger partial charge in [-0.25, -0.2) is 0 Å². The van der Waals surface area contributed by atoms with Gasteiger partial charge in [0.25, 0.3) is 0 Å². The van der Waals surface area contributed by atoms with E-state index < -0.39 is 6.04 Å². The molecule has 0 unspecified atom stereocenters. The van der Waals surface area contributed by atoms with Crippen LogP contribution in [-0.4, -0.2) is 36.1 Å². The molecule has 1 N–H and O–H groups in total. The predicted octanol–water partition coefficient (Wildman–Crippen LogP) is 4.24. The Kier molecular flexibility index (Phi) is 8.14. The fourth-order valence-electron chi connectivity index (χ4n) is 3.80. The summed E-state index contributed by atoms with van der Waals surface area (Å²) in [5.74, 6) is 1.67. The standard InChI is InChI=1S/C26H34N2O4/c1-5-22(26(30)27-15-18(2)3)28(16-21-9-7-6-8-19(21)4)25(29)13-11-20-10-12-23-24(14-20)32-17-31-23/h6-10,12,14,18,22H,5,11,13,15-17H2,1-4H3,(H,27,30)/t22-/m0/s1. The Bertz CT molecular complexity index is 941. The van der Waals surface area contributed by atoms with Crippen molar-refractivity contribution in [2.45, 2.75) is 59.5 Å². The Balaban J connectivity index is 1.76. The molecule has 0 fully saturated rings. The summed E-state index contributed by atoms with van der Waals surface area (Å²) in [4.78, 5) is 28.1. The van der Waals surface area contributed by atoms with Crippen molar-refractivity contribution in [1.82, 2.24) is 10.2 Å². The summed E-state index contributed by atoms with van der Waals surface area (Å²) in [6, 6.07) is 13.3. The maximum atomic E-state index is 13.4. The lowest BCUT2D eigenvalue weighted by Crippen LogP contribution is -2.49. The highest BCUT2D eigenvalue weighted by molar-refractivity contribution is 5.87. The predicted molar refractivity (Wildman–Crippen MR) is 125 cm³/mol. The minimum Gasteiger partial charge on any atom is -0.454 e. The molecule has 3 rings (SSSR count). The second-order valence-electron chi connectivity index (χ2n) is 8.70. The number of hydrogen-bond donors (Lipinski definition) is 1. The second-order valence-corrected chi connectivity index (χ2v) is 8.70. The fourth-order valence-corrected chi connectivity index (χ4v) is 3.80. The number of aryl methyl sites for hydroxylation is 2. The van der Waals surface area contributed by atoms with Gasteiger partial charge in [-0.1, -0.05) is 51.1 Å². The molecule has 0 saturated heterocycles. The number of benzene rings is 2. The molecule has 0 saturated carbocycles. The Hall–Kier alpha value is -3.02. The van der Waals surface area contributed by atoms with Gasteiger partial charge in [-0.15, -0.1) is 0 Å². The monoisotopic (exact) mass is 438 g/mol. The van der Waals surface area contributed by atoms with Gasteiger partial charge in [0.05, 0.1) is 0 Å². The summed E-state index contributed by atoms with van der Waals surface area (Å²) < 4.78 is 10.8. The molecule has 0 spiro atoms. The molecule has 2 aromatic carbocycles. The Morgan fingerprint density at radius 3 is 2.56 bits per heavy atom. The number of ether oxygens (including phenoxy) is 2. The molecular weight excluding hydrogens is 404 g/mol. The molecule has 2 amide bonds. The highest BCUT2D eigenvalue weighted by atomic mass is 16.7. The van der Waals surface area contributed by atoms with Crippen molar-refractivity contribution in [2.75, 3.05) is 13.3 Å². The van der Waals surface area contributed by atoms with Crippen molar-refractivity contribution in [1.29, 1.82) is 0 Å². The van der Waals surface area contributed by atoms with Crippen LogP contribution < -0.4 is 14.8 Å². The van der Waals surface area contributed by atoms with Gasteiger partial charge in [0.2, 0.25) is 18.6 Å². The van der Waals surface area contributed by atoms with Crippen LogP contribution in [0.2, 0.25) is 0 Å². The van der Waals surface area contributed by atoms with Crippen molar-refractivity contribution in [3.63, 3.8) is 0 Å². The third-order valence-corrected chi connectivity index (χ3v) is 5.74. The maximum Gasteiger partial charge on any atom is 0.242 e. The van der Waals surface area contributed by atoms with E-state index >= 15 is 0 Å². The molecule has 1 aliphatic rings. The zero-order valence-electron chi connectivity index (χ0n) is 19.5. The molecule has 6 nitrogen and oxygen atoms in total. The molecule has 1 atom stereocenters. The second kappa shape index (κ2) is 11.0. The smallest absolute Gasteiger partial charge is 0.242 e. The molecule has 6 heteroatoms. The van der Waals surface area contributed by atoms with E-state index in [1.807, 2.05) is 56.3 Å². The van der Waals surface area contributed by atoms with Gasteiger partial charge in [0.15, 0.2) is 11.5 Å². The highest BCUT2D eigenvalue weighted by Crippen LogP contribution is 2.32. The number of amides is 2. The van der Waals surface area contributed by atoms with Crippen molar-refractivity contribution in [3.8, 4) is 11.5 Å². The van der Waals surface area contributed by atoms with Gasteiger partial charge in [-0.3, -0.25) is 9.59 Å². The third-order valence-electron chi connectivity index (χ3n) is 5.74. The minimum absolute atomic E-state index is 0.0301. The van der Waals surface area contributed by atoms with Crippen molar-refractivity contribution in [3.05, 3.63) is 59.2 Å². The molecule has 0 radical (unpaired) electrons. The van der Waals surface area contributed by atoms with E-state index in [0.717, 1.165) is 22.4 Å². The van der Waals surface area contributed by atoms with Crippen LogP contribution >= 0.6 is 0 Å². The van der Waals surface area contributed by atoms with Crippen LogP contribution in [0, 0.1) is 12.8 Å². The number of nitrogens with zero attached hydrogens (tertiary/aromatic N) is 1. The maximum absolute atomic E-state index is 13.4. The molecule has 2 aromatic rings. The van der Waals surface area contributed by atoms with Crippen LogP contribution in [0.15, 0.2) is 42.5 Å². The number of hydrogen-bond acceptors (Lipinski definition) is 4. The van der Waals surface area contributed by atoms with Crippen LogP contribution in [0.3, 0.4) is 0 Å². The molecule has 0 aliphatic carbocycles. The summed E-state index contributed by atoms with van der Waals surface area (Å²) in [5.41, 5.74) is 3.17. The zero-order chi connectivity index (χ0) is 23.1. The van der Waals surface area contributed by atoms with E-state index in [9.17, 15) is 9.59 Å². The lowest BCUT2D eigenvalue weighted by Gasteiger charge is -2.31. The average molecular weight is 439 g/mol. The topological polar surface area (TPSA) is 67.9 Å². The lowest BCUT2D eigenvalue weighted by molar-refractivity contribution is -0.141. The number of carbonyl (C=O) groups excluding carboxylic acids is 2. The first-order chi connectivity index (χ1) is 15.4. The third kappa shape index (κ3) is 6.02. The minimum atomic E-state index is -0.502. The number of rotatable bonds is 10. The van der Waals surface area contributed by atoms with Gasteiger partial charge in [-0.2, -0.15) is 0 Å². The number of fused-ring (bicyclic) bond motifs is 1. The van der Waals surface area contributed by atoms with E-state index in [-0.39, 0.29) is 18.6 Å². The largest absolute Gasteiger partial charge is 0.454 e. The summed E-state index contributed by atoms with van der Waals surface area (Å²) in [7, 11) is 0. The van der Waals surface area contributed by atoms with E-state index in [1.54, 1.807) is 4.90 Å². The quantitative estimate of drug-likeness (QED) is 0.603. The molecule has 172 valence electrons. The van der Waals surface area contributed by atoms with Crippen molar-refractivity contribution < 1.29 is 19.1 Å². The molecular formula is C26H34N2O4. The summed E-state index contributed by atoms with van der Waals surface area (Å²) in [6.07, 6.45) is 1.45. The van der Waals surface area contributed by atoms with Gasteiger partial charge in [0.1, 0.15) is 6.04 Å². The van der Waals surface area contributed by atoms with Crippen LogP contribution in [0.5, 0.6) is 11.5 Å². The first-order valence-electron chi connectivity index (χ1n) is 11.4. The van der Waals surface area contributed by atoms with E-state index in [1.165, 1.54) is 0 Å². The Morgan fingerprint density at radius 1 is 1.09 bits per heavy atom. The van der Waals surface area contributed by atoms with Crippen molar-refractivity contribution >= 4 is 11.8 Å². The summed E-state index contributed by atoms with van der Waals surface area (Å²) >= 11 is 0. The van der Waals surface area contributed by atoms with Gasteiger partial charge in [0, 0.05) is 19.5 Å². The van der Waals surface area contributed by atoms with Crippen LogP contribution in [-0.2, 0) is 22.6 Å². The number of carbonyl (C=O) groups is 2. The van der Waals surface area contributed by atoms with Gasteiger partial charge >= 0.3 is 0 Å². The average Bonchev–Trinajstić information content (AvgIpc) is 3.25. The highest BCUT2D eigenvalue weighted by Gasteiger charge is 2.28. The molecule has 0 bridgehead atoms. The van der Waals surface area contributed by atoms with E-state index in [4.69, 9.17) is 9.47 Å². The van der Waals surface area contributed by atoms with Gasteiger partial charge in [-0.05, 0) is 54.5 Å². The lowest BCUT2D eigenvalue weighted by atomic mass is 10.0. The van der Waals surface area contributed by atoms with Crippen molar-refractivity contribution in [2.24, 2.45) is 5.92 Å².